The first-order chi connectivity index (χ1) is 7.20. The summed E-state index contributed by atoms with van der Waals surface area (Å²) >= 11 is 0. The number of rotatable bonds is 9. The van der Waals surface area contributed by atoms with Crippen LogP contribution in [0.15, 0.2) is 0 Å². The second kappa shape index (κ2) is 10.0. The van der Waals surface area contributed by atoms with Crippen molar-refractivity contribution >= 4 is 5.91 Å². The van der Waals surface area contributed by atoms with Gasteiger partial charge < -0.3 is 5.32 Å². The van der Waals surface area contributed by atoms with Crippen molar-refractivity contribution in [3.63, 3.8) is 0 Å². The Labute approximate surface area is 94.8 Å². The van der Waals surface area contributed by atoms with Crippen LogP contribution in [-0.4, -0.2) is 12.5 Å². The molecule has 1 atom stereocenters. The van der Waals surface area contributed by atoms with Gasteiger partial charge in [-0.25, -0.2) is 0 Å². The van der Waals surface area contributed by atoms with E-state index < -0.39 is 0 Å². The van der Waals surface area contributed by atoms with Crippen molar-refractivity contribution in [2.24, 2.45) is 5.92 Å². The minimum Gasteiger partial charge on any atom is -0.356 e. The van der Waals surface area contributed by atoms with Gasteiger partial charge in [0.05, 0.1) is 0 Å². The molecule has 0 saturated heterocycles. The van der Waals surface area contributed by atoms with Crippen LogP contribution in [-0.2, 0) is 4.79 Å². The molecule has 0 aliphatic carbocycles. The van der Waals surface area contributed by atoms with Crippen molar-refractivity contribution in [2.75, 3.05) is 6.54 Å². The third-order valence-electron chi connectivity index (χ3n) is 2.71. The zero-order chi connectivity index (χ0) is 11.5. The molecule has 0 aromatic rings. The maximum Gasteiger partial charge on any atom is 0.220 e. The zero-order valence-corrected chi connectivity index (χ0v) is 10.6. The van der Waals surface area contributed by atoms with Crippen LogP contribution < -0.4 is 5.32 Å². The molecule has 0 aliphatic heterocycles. The predicted octanol–water partition coefficient (Wildman–Crippen LogP) is 3.51. The summed E-state index contributed by atoms with van der Waals surface area (Å²) in [6, 6.07) is 0. The van der Waals surface area contributed by atoms with Crippen LogP contribution >= 0.6 is 0 Å². The lowest BCUT2D eigenvalue weighted by Gasteiger charge is -2.10. The van der Waals surface area contributed by atoms with E-state index in [4.69, 9.17) is 0 Å². The van der Waals surface area contributed by atoms with Crippen LogP contribution in [0, 0.1) is 5.92 Å². The van der Waals surface area contributed by atoms with E-state index in [1.54, 1.807) is 0 Å². The van der Waals surface area contributed by atoms with Gasteiger partial charge in [0.15, 0.2) is 0 Å². The summed E-state index contributed by atoms with van der Waals surface area (Å²) in [5.74, 6) is 0.747. The van der Waals surface area contributed by atoms with E-state index in [0.717, 1.165) is 6.54 Å². The molecule has 90 valence electrons. The number of carbonyl (C=O) groups excluding carboxylic acids is 1. The number of nitrogens with one attached hydrogen (secondary N) is 1. The van der Waals surface area contributed by atoms with Crippen LogP contribution in [0.3, 0.4) is 0 Å². The van der Waals surface area contributed by atoms with Gasteiger partial charge in [0.2, 0.25) is 5.91 Å². The molecule has 1 unspecified atom stereocenters. The van der Waals surface area contributed by atoms with Crippen molar-refractivity contribution in [3.8, 4) is 0 Å². The summed E-state index contributed by atoms with van der Waals surface area (Å²) in [6.45, 7) is 7.13. The molecule has 0 bridgehead atoms. The average Bonchev–Trinajstić information content (AvgIpc) is 2.17. The maximum absolute atomic E-state index is 11.3. The molecular formula is C13H27NO. The Morgan fingerprint density at radius 1 is 1.13 bits per heavy atom. The first kappa shape index (κ1) is 14.5. The molecule has 2 heteroatoms. The Kier molecular flexibility index (Phi) is 9.65. The fourth-order valence-corrected chi connectivity index (χ4v) is 1.78. The molecule has 0 spiro atoms. The lowest BCUT2D eigenvalue weighted by atomic mass is 9.99. The fourth-order valence-electron chi connectivity index (χ4n) is 1.78. The highest BCUT2D eigenvalue weighted by molar-refractivity contribution is 5.75. The minimum absolute atomic E-state index is 0.207. The van der Waals surface area contributed by atoms with Gasteiger partial charge in [0, 0.05) is 13.0 Å². The highest BCUT2D eigenvalue weighted by Gasteiger charge is 2.07. The summed E-state index contributed by atoms with van der Waals surface area (Å²) in [5.41, 5.74) is 0. The Morgan fingerprint density at radius 2 is 1.80 bits per heavy atom. The summed E-state index contributed by atoms with van der Waals surface area (Å²) in [7, 11) is 0. The van der Waals surface area contributed by atoms with Crippen LogP contribution in [0.25, 0.3) is 0 Å². The van der Waals surface area contributed by atoms with Crippen molar-refractivity contribution in [1.29, 1.82) is 0 Å². The van der Waals surface area contributed by atoms with Gasteiger partial charge >= 0.3 is 0 Å². The van der Waals surface area contributed by atoms with Crippen molar-refractivity contribution in [2.45, 2.75) is 65.7 Å². The van der Waals surface area contributed by atoms with E-state index >= 15 is 0 Å². The Balaban J connectivity index is 3.32. The third-order valence-corrected chi connectivity index (χ3v) is 2.71. The highest BCUT2D eigenvalue weighted by atomic mass is 16.1. The van der Waals surface area contributed by atoms with E-state index in [-0.39, 0.29) is 5.91 Å². The number of amides is 1. The van der Waals surface area contributed by atoms with Crippen molar-refractivity contribution in [1.82, 2.24) is 5.32 Å². The average molecular weight is 213 g/mol. The quantitative estimate of drug-likeness (QED) is 0.583. The second-order valence-corrected chi connectivity index (χ2v) is 4.47. The van der Waals surface area contributed by atoms with Crippen LogP contribution in [0.4, 0.5) is 0 Å². The molecule has 0 heterocycles. The molecule has 0 aromatic heterocycles. The van der Waals surface area contributed by atoms with Crippen molar-refractivity contribution in [3.05, 3.63) is 0 Å². The zero-order valence-electron chi connectivity index (χ0n) is 10.6. The Hall–Kier alpha value is -0.530. The van der Waals surface area contributed by atoms with E-state index in [9.17, 15) is 4.79 Å². The Morgan fingerprint density at radius 3 is 2.40 bits per heavy atom. The Bertz CT molecular complexity index is 157. The van der Waals surface area contributed by atoms with E-state index in [1.807, 2.05) is 6.92 Å². The minimum atomic E-state index is 0.207. The number of carbonyl (C=O) groups is 1. The summed E-state index contributed by atoms with van der Waals surface area (Å²) in [5, 5.41) is 2.85. The van der Waals surface area contributed by atoms with Gasteiger partial charge in [-0.15, -0.1) is 0 Å². The standard InChI is InChI=1S/C13H27NO/c1-4-6-7-8-9-10-12(3)11-13(15)14-5-2/h12H,4-11H2,1-3H3,(H,14,15). The lowest BCUT2D eigenvalue weighted by Crippen LogP contribution is -2.24. The molecule has 0 aromatic carbocycles. The molecule has 0 saturated carbocycles. The summed E-state index contributed by atoms with van der Waals surface area (Å²) in [4.78, 5) is 11.3. The molecule has 0 radical (unpaired) electrons. The van der Waals surface area contributed by atoms with Gasteiger partial charge in [-0.2, -0.15) is 0 Å². The van der Waals surface area contributed by atoms with Gasteiger partial charge in [-0.05, 0) is 12.8 Å². The molecule has 2 nitrogen and oxygen atoms in total. The number of hydrogen-bond donors (Lipinski definition) is 1. The van der Waals surface area contributed by atoms with E-state index in [2.05, 4.69) is 19.2 Å². The van der Waals surface area contributed by atoms with Gasteiger partial charge in [0.25, 0.3) is 0 Å². The van der Waals surface area contributed by atoms with E-state index in [1.165, 1.54) is 38.5 Å². The third kappa shape index (κ3) is 9.77. The van der Waals surface area contributed by atoms with Crippen LogP contribution in [0.5, 0.6) is 0 Å². The maximum atomic E-state index is 11.3. The molecule has 0 rings (SSSR count). The van der Waals surface area contributed by atoms with Crippen LogP contribution in [0.1, 0.15) is 65.7 Å². The van der Waals surface area contributed by atoms with Gasteiger partial charge in [0.1, 0.15) is 0 Å². The topological polar surface area (TPSA) is 29.1 Å². The molecule has 15 heavy (non-hydrogen) atoms. The molecule has 1 amide bonds. The number of unbranched alkanes of at least 4 members (excludes halogenated alkanes) is 4. The lowest BCUT2D eigenvalue weighted by molar-refractivity contribution is -0.121. The summed E-state index contributed by atoms with van der Waals surface area (Å²) < 4.78 is 0. The molecule has 1 N–H and O–H groups in total. The van der Waals surface area contributed by atoms with Crippen molar-refractivity contribution < 1.29 is 4.79 Å². The van der Waals surface area contributed by atoms with Crippen LogP contribution in [0.2, 0.25) is 0 Å². The largest absolute Gasteiger partial charge is 0.356 e. The number of hydrogen-bond acceptors (Lipinski definition) is 1. The summed E-state index contributed by atoms with van der Waals surface area (Å²) in [6.07, 6.45) is 8.50. The monoisotopic (exact) mass is 213 g/mol. The highest BCUT2D eigenvalue weighted by Crippen LogP contribution is 2.13. The second-order valence-electron chi connectivity index (χ2n) is 4.47. The molecule has 0 fully saturated rings. The van der Waals surface area contributed by atoms with E-state index in [0.29, 0.717) is 12.3 Å². The molecular weight excluding hydrogens is 186 g/mol. The smallest absolute Gasteiger partial charge is 0.220 e. The normalized spacial score (nSPS) is 12.5. The first-order valence-corrected chi connectivity index (χ1v) is 6.47. The predicted molar refractivity (Wildman–Crippen MR) is 65.8 cm³/mol. The first-order valence-electron chi connectivity index (χ1n) is 6.47. The fraction of sp³-hybridized carbons (Fsp3) is 0.923. The van der Waals surface area contributed by atoms with Gasteiger partial charge in [-0.3, -0.25) is 4.79 Å². The SMILES string of the molecule is CCCCCCCC(C)CC(=O)NCC. The molecule has 0 aliphatic rings. The van der Waals surface area contributed by atoms with Gasteiger partial charge in [-0.1, -0.05) is 52.4 Å².